The van der Waals surface area contributed by atoms with E-state index in [4.69, 9.17) is 19.8 Å². The summed E-state index contributed by atoms with van der Waals surface area (Å²) in [5.41, 5.74) is 0.870. The van der Waals surface area contributed by atoms with Crippen LogP contribution in [0.5, 0.6) is 5.75 Å². The normalized spacial score (nSPS) is 16.1. The molecule has 0 amide bonds. The van der Waals surface area contributed by atoms with Crippen LogP contribution in [-0.2, 0) is 4.74 Å². The van der Waals surface area contributed by atoms with Crippen molar-refractivity contribution in [1.29, 1.82) is 0 Å². The van der Waals surface area contributed by atoms with Gasteiger partial charge in [-0.1, -0.05) is 18.0 Å². The fourth-order valence-corrected chi connectivity index (χ4v) is 3.55. The van der Waals surface area contributed by atoms with Gasteiger partial charge in [0.15, 0.2) is 11.6 Å². The van der Waals surface area contributed by atoms with Crippen molar-refractivity contribution in [2.75, 3.05) is 52.8 Å². The molecule has 0 saturated carbocycles. The highest BCUT2D eigenvalue weighted by atomic mass is 19.1. The van der Waals surface area contributed by atoms with Crippen LogP contribution in [0.4, 0.5) is 16.0 Å². The molecule has 2 aromatic heterocycles. The highest BCUT2D eigenvalue weighted by Crippen LogP contribution is 2.35. The molecule has 1 fully saturated rings. The number of benzene rings is 1. The average molecular weight is 425 g/mol. The third-order valence-corrected chi connectivity index (χ3v) is 5.24. The molecule has 0 radical (unpaired) electrons. The number of anilines is 1. The summed E-state index contributed by atoms with van der Waals surface area (Å²) in [5.74, 6) is 1.07. The second-order valence-electron chi connectivity index (χ2n) is 7.83. The Morgan fingerprint density at radius 3 is 2.94 bits per heavy atom. The van der Waals surface area contributed by atoms with Gasteiger partial charge < -0.3 is 30.0 Å². The summed E-state index contributed by atoms with van der Waals surface area (Å²) in [6.07, 6.45) is 2.73. The topological polar surface area (TPSA) is 73.6 Å². The zero-order valence-corrected chi connectivity index (χ0v) is 18.1. The van der Waals surface area contributed by atoms with E-state index in [0.29, 0.717) is 30.2 Å². The minimum absolute atomic E-state index is 0.182. The maximum atomic E-state index is 14.9. The number of ether oxygens (including phenoxy) is 2. The molecule has 1 aliphatic rings. The summed E-state index contributed by atoms with van der Waals surface area (Å²) >= 11 is 0. The lowest BCUT2D eigenvalue weighted by atomic mass is 10.1. The number of rotatable bonds is 8. The first-order chi connectivity index (χ1) is 15.0. The lowest BCUT2D eigenvalue weighted by molar-refractivity contribution is 0.195. The minimum atomic E-state index is -0.441. The Labute approximate surface area is 181 Å². The molecule has 0 bridgehead atoms. The number of nitrogens with zero attached hydrogens (tertiary/aromatic N) is 4. The number of likely N-dealkylation sites (N-methyl/N-ethyl adjacent to an activating group) is 1. The van der Waals surface area contributed by atoms with E-state index >= 15 is 0 Å². The smallest absolute Gasteiger partial charge is 0.172 e. The van der Waals surface area contributed by atoms with Crippen molar-refractivity contribution in [3.63, 3.8) is 0 Å². The lowest BCUT2D eigenvalue weighted by Crippen LogP contribution is -2.19. The second-order valence-corrected chi connectivity index (χ2v) is 7.83. The summed E-state index contributed by atoms with van der Waals surface area (Å²) in [6.45, 7) is 2.80. The van der Waals surface area contributed by atoms with E-state index < -0.39 is 5.82 Å². The van der Waals surface area contributed by atoms with Crippen molar-refractivity contribution in [3.05, 3.63) is 47.7 Å². The molecule has 1 aliphatic heterocycles. The summed E-state index contributed by atoms with van der Waals surface area (Å²) < 4.78 is 25.5. The molecule has 7 nitrogen and oxygen atoms in total. The van der Waals surface area contributed by atoms with Crippen LogP contribution in [0.3, 0.4) is 0 Å². The van der Waals surface area contributed by atoms with E-state index in [1.165, 1.54) is 7.11 Å². The van der Waals surface area contributed by atoms with Gasteiger partial charge >= 0.3 is 0 Å². The minimum Gasteiger partial charge on any atom is -0.494 e. The predicted octanol–water partition coefficient (Wildman–Crippen LogP) is 4.21. The molecule has 1 atom stereocenters. The maximum Gasteiger partial charge on any atom is 0.172 e. The van der Waals surface area contributed by atoms with Gasteiger partial charge in [-0.3, -0.25) is 0 Å². The van der Waals surface area contributed by atoms with E-state index in [9.17, 15) is 4.39 Å². The van der Waals surface area contributed by atoms with Crippen LogP contribution in [0, 0.1) is 5.82 Å². The van der Waals surface area contributed by atoms with Crippen molar-refractivity contribution in [1.82, 2.24) is 14.9 Å². The van der Waals surface area contributed by atoms with E-state index in [1.54, 1.807) is 24.4 Å². The van der Waals surface area contributed by atoms with Crippen LogP contribution in [0.1, 0.15) is 6.42 Å². The highest BCUT2D eigenvalue weighted by molar-refractivity contribution is 5.96. The first-order valence-corrected chi connectivity index (χ1v) is 10.4. The molecule has 0 aliphatic carbocycles. The van der Waals surface area contributed by atoms with Gasteiger partial charge in [0.05, 0.1) is 19.8 Å². The Morgan fingerprint density at radius 2 is 2.19 bits per heavy atom. The second kappa shape index (κ2) is 9.45. The molecule has 4 rings (SSSR count). The SMILES string of the molecule is COc1cccc(-c2cc3cnc(NC4CCOC4)cc3c([N-]CCN(C)C)n2)c1F. The number of pyridine rings is 2. The molecule has 3 heterocycles. The van der Waals surface area contributed by atoms with Crippen LogP contribution < -0.4 is 10.1 Å². The molecule has 3 aromatic rings. The quantitative estimate of drug-likeness (QED) is 0.584. The molecule has 0 spiro atoms. The number of methoxy groups -OCH3 is 1. The first-order valence-electron chi connectivity index (χ1n) is 10.4. The molecular formula is C23H27FN5O2-. The molecule has 31 heavy (non-hydrogen) atoms. The van der Waals surface area contributed by atoms with Gasteiger partial charge in [-0.2, -0.15) is 0 Å². The number of hydrogen-bond donors (Lipinski definition) is 1. The average Bonchev–Trinajstić information content (AvgIpc) is 3.27. The summed E-state index contributed by atoms with van der Waals surface area (Å²) in [4.78, 5) is 11.3. The van der Waals surface area contributed by atoms with Crippen molar-refractivity contribution in [3.8, 4) is 17.0 Å². The molecule has 1 aromatic carbocycles. The van der Waals surface area contributed by atoms with Crippen LogP contribution >= 0.6 is 0 Å². The zero-order chi connectivity index (χ0) is 21.8. The molecule has 164 valence electrons. The van der Waals surface area contributed by atoms with E-state index in [2.05, 4.69) is 15.2 Å². The van der Waals surface area contributed by atoms with Crippen LogP contribution in [-0.4, -0.2) is 68.4 Å². The summed E-state index contributed by atoms with van der Waals surface area (Å²) in [5, 5.41) is 9.86. The Kier molecular flexibility index (Phi) is 6.48. The monoisotopic (exact) mass is 424 g/mol. The maximum absolute atomic E-state index is 14.9. The number of fused-ring (bicyclic) bond motifs is 1. The van der Waals surface area contributed by atoms with Crippen LogP contribution in [0.15, 0.2) is 36.5 Å². The van der Waals surface area contributed by atoms with Crippen LogP contribution in [0.2, 0.25) is 0 Å². The van der Waals surface area contributed by atoms with Crippen molar-refractivity contribution < 1.29 is 13.9 Å². The Morgan fingerprint density at radius 1 is 1.32 bits per heavy atom. The van der Waals surface area contributed by atoms with E-state index in [1.807, 2.05) is 26.2 Å². The fourth-order valence-electron chi connectivity index (χ4n) is 3.55. The predicted molar refractivity (Wildman–Crippen MR) is 121 cm³/mol. The van der Waals surface area contributed by atoms with Gasteiger partial charge in [0.2, 0.25) is 0 Å². The molecular weight excluding hydrogens is 397 g/mol. The highest BCUT2D eigenvalue weighted by Gasteiger charge is 2.16. The van der Waals surface area contributed by atoms with E-state index in [-0.39, 0.29) is 11.8 Å². The molecule has 1 unspecified atom stereocenters. The Balaban J connectivity index is 1.74. The number of nitrogens with one attached hydrogen (secondary N) is 1. The summed E-state index contributed by atoms with van der Waals surface area (Å²) in [7, 11) is 5.45. The summed E-state index contributed by atoms with van der Waals surface area (Å²) in [6, 6.07) is 9.08. The van der Waals surface area contributed by atoms with Crippen molar-refractivity contribution in [2.45, 2.75) is 12.5 Å². The van der Waals surface area contributed by atoms with Crippen molar-refractivity contribution in [2.24, 2.45) is 0 Å². The lowest BCUT2D eigenvalue weighted by Gasteiger charge is -2.23. The first kappa shape index (κ1) is 21.3. The third-order valence-electron chi connectivity index (χ3n) is 5.24. The Bertz CT molecular complexity index is 1050. The zero-order valence-electron chi connectivity index (χ0n) is 18.1. The Hall–Kier alpha value is -2.97. The number of halogens is 1. The number of hydrogen-bond acceptors (Lipinski definition) is 6. The largest absolute Gasteiger partial charge is 0.494 e. The van der Waals surface area contributed by atoms with E-state index in [0.717, 1.165) is 36.2 Å². The molecule has 1 N–H and O–H groups in total. The molecule has 8 heteroatoms. The van der Waals surface area contributed by atoms with Gasteiger partial charge in [-0.15, -0.1) is 0 Å². The van der Waals surface area contributed by atoms with Crippen LogP contribution in [0.25, 0.3) is 27.3 Å². The van der Waals surface area contributed by atoms with Gasteiger partial charge in [-0.25, -0.2) is 9.37 Å². The standard InChI is InChI=1S/C23H27FN5O2/c1-29(2)9-8-25-23-18-12-21(27-16-7-10-31-14-16)26-13-15(18)11-19(28-23)17-5-4-6-20(30-3)22(17)24/h4-6,11-13,16H,7-10,14H2,1-3H3,(H-,25,26,27,28)/q-1. The fraction of sp³-hybridized carbons (Fsp3) is 0.391. The molecule has 1 saturated heterocycles. The van der Waals surface area contributed by atoms with Gasteiger partial charge in [0, 0.05) is 23.8 Å². The number of aromatic nitrogens is 2. The van der Waals surface area contributed by atoms with Gasteiger partial charge in [-0.05, 0) is 62.9 Å². The van der Waals surface area contributed by atoms with Crippen molar-refractivity contribution >= 4 is 22.4 Å². The van der Waals surface area contributed by atoms with Gasteiger partial charge in [0.1, 0.15) is 5.82 Å². The van der Waals surface area contributed by atoms with Gasteiger partial charge in [0.25, 0.3) is 0 Å². The third kappa shape index (κ3) is 4.86.